The highest BCUT2D eigenvalue weighted by Crippen LogP contribution is 2.35. The Morgan fingerprint density at radius 3 is 2.16 bits per heavy atom. The average Bonchev–Trinajstić information content (AvgIpc) is 2.52. The Hall–Kier alpha value is -1.67. The van der Waals surface area contributed by atoms with Crippen molar-refractivity contribution >= 4 is 11.9 Å². The van der Waals surface area contributed by atoms with Crippen molar-refractivity contribution < 1.29 is 41.0 Å². The van der Waals surface area contributed by atoms with E-state index >= 15 is 0 Å². The molecule has 0 radical (unpaired) electrons. The second-order valence-electron chi connectivity index (χ2n) is 6.06. The van der Waals surface area contributed by atoms with Crippen molar-refractivity contribution in [2.75, 3.05) is 13.2 Å². The Labute approximate surface area is 142 Å². The molecule has 9 heteroatoms. The lowest BCUT2D eigenvalue weighted by Crippen LogP contribution is -2.41. The van der Waals surface area contributed by atoms with Gasteiger partial charge < -0.3 is 9.47 Å². The maximum absolute atomic E-state index is 12.6. The van der Waals surface area contributed by atoms with Crippen molar-refractivity contribution in [1.82, 2.24) is 0 Å². The molecular weight excluding hydrogens is 351 g/mol. The van der Waals surface area contributed by atoms with Crippen LogP contribution in [-0.2, 0) is 19.1 Å². The lowest BCUT2D eigenvalue weighted by molar-refractivity contribution is -0.294. The van der Waals surface area contributed by atoms with Crippen molar-refractivity contribution in [3.63, 3.8) is 0 Å². The van der Waals surface area contributed by atoms with Gasteiger partial charge in [-0.3, -0.25) is 4.79 Å². The molecule has 144 valence electrons. The Morgan fingerprint density at radius 2 is 1.60 bits per heavy atom. The van der Waals surface area contributed by atoms with Crippen LogP contribution in [-0.4, -0.2) is 37.3 Å². The highest BCUT2D eigenvalue weighted by Gasteiger charge is 2.58. The van der Waals surface area contributed by atoms with Crippen molar-refractivity contribution in [3.8, 4) is 0 Å². The maximum atomic E-state index is 12.6. The molecule has 1 aliphatic rings. The largest absolute Gasteiger partial charge is 0.462 e. The van der Waals surface area contributed by atoms with Gasteiger partial charge in [0.05, 0.1) is 6.42 Å². The molecule has 0 amide bonds. The van der Waals surface area contributed by atoms with Crippen LogP contribution in [0.25, 0.3) is 0 Å². The molecule has 0 aromatic heterocycles. The van der Waals surface area contributed by atoms with E-state index in [0.717, 1.165) is 25.7 Å². The molecule has 0 aromatic carbocycles. The molecular formula is C16H21F5O4. The molecule has 0 aliphatic heterocycles. The molecule has 0 N–H and O–H groups in total. The van der Waals surface area contributed by atoms with E-state index in [0.29, 0.717) is 12.3 Å². The summed E-state index contributed by atoms with van der Waals surface area (Å²) < 4.78 is 69.5. The highest BCUT2D eigenvalue weighted by atomic mass is 19.4. The first-order valence-corrected chi connectivity index (χ1v) is 7.98. The monoisotopic (exact) mass is 372 g/mol. The van der Waals surface area contributed by atoms with Gasteiger partial charge >= 0.3 is 24.0 Å². The van der Waals surface area contributed by atoms with Crippen molar-refractivity contribution in [3.05, 3.63) is 12.2 Å². The Balaban J connectivity index is 2.23. The van der Waals surface area contributed by atoms with E-state index < -0.39 is 43.7 Å². The average molecular weight is 372 g/mol. The third-order valence-electron chi connectivity index (χ3n) is 3.92. The summed E-state index contributed by atoms with van der Waals surface area (Å²) in [5, 5.41) is 0. The zero-order valence-electron chi connectivity index (χ0n) is 13.7. The van der Waals surface area contributed by atoms with E-state index in [-0.39, 0.29) is 5.57 Å². The van der Waals surface area contributed by atoms with Crippen LogP contribution in [0.5, 0.6) is 0 Å². The minimum absolute atomic E-state index is 0.254. The predicted octanol–water partition coefficient (Wildman–Crippen LogP) is 4.19. The van der Waals surface area contributed by atoms with Gasteiger partial charge in [-0.25, -0.2) is 4.79 Å². The zero-order valence-corrected chi connectivity index (χ0v) is 13.7. The molecule has 1 saturated carbocycles. The van der Waals surface area contributed by atoms with Crippen LogP contribution in [0.1, 0.15) is 44.9 Å². The Bertz CT molecular complexity index is 481. The fraction of sp³-hybridized carbons (Fsp3) is 0.750. The summed E-state index contributed by atoms with van der Waals surface area (Å²) in [5.74, 6) is -6.77. The van der Waals surface area contributed by atoms with Crippen LogP contribution in [0.15, 0.2) is 12.2 Å². The molecule has 0 heterocycles. The van der Waals surface area contributed by atoms with Crippen molar-refractivity contribution in [2.24, 2.45) is 5.92 Å². The van der Waals surface area contributed by atoms with Crippen LogP contribution in [0.3, 0.4) is 0 Å². The molecule has 0 atom stereocenters. The van der Waals surface area contributed by atoms with Crippen molar-refractivity contribution in [2.45, 2.75) is 57.0 Å². The first-order chi connectivity index (χ1) is 11.5. The molecule has 4 nitrogen and oxygen atoms in total. The SMILES string of the molecule is C=C(CC1CCCCC1)C(=O)OCCC(=O)OCC(F)(F)C(F)(F)F. The predicted molar refractivity (Wildman–Crippen MR) is 77.9 cm³/mol. The Morgan fingerprint density at radius 1 is 1.00 bits per heavy atom. The summed E-state index contributed by atoms with van der Waals surface area (Å²) in [5.41, 5.74) is 0.254. The van der Waals surface area contributed by atoms with Crippen LogP contribution in [0, 0.1) is 5.92 Å². The van der Waals surface area contributed by atoms with Crippen LogP contribution >= 0.6 is 0 Å². The first-order valence-electron chi connectivity index (χ1n) is 7.98. The number of ether oxygens (including phenoxy) is 2. The van der Waals surface area contributed by atoms with E-state index in [2.05, 4.69) is 11.3 Å². The molecule has 1 aliphatic carbocycles. The van der Waals surface area contributed by atoms with Gasteiger partial charge in [0.2, 0.25) is 0 Å². The maximum Gasteiger partial charge on any atom is 0.456 e. The number of rotatable bonds is 8. The van der Waals surface area contributed by atoms with Crippen LogP contribution in [0.2, 0.25) is 0 Å². The van der Waals surface area contributed by atoms with Gasteiger partial charge in [-0.05, 0) is 12.3 Å². The molecule has 0 spiro atoms. The standard InChI is InChI=1S/C16H21F5O4/c1-11(9-12-5-3-2-4-6-12)14(23)24-8-7-13(22)25-10-15(17,18)16(19,20)21/h12H,1-10H2. The fourth-order valence-corrected chi connectivity index (χ4v) is 2.48. The van der Waals surface area contributed by atoms with Gasteiger partial charge in [0.15, 0.2) is 6.61 Å². The van der Waals surface area contributed by atoms with Gasteiger partial charge in [-0.15, -0.1) is 0 Å². The molecule has 0 aromatic rings. The second kappa shape index (κ2) is 9.15. The molecule has 1 fully saturated rings. The van der Waals surface area contributed by atoms with E-state index in [1.165, 1.54) is 6.42 Å². The minimum Gasteiger partial charge on any atom is -0.462 e. The van der Waals surface area contributed by atoms with Crippen molar-refractivity contribution in [1.29, 1.82) is 0 Å². The van der Waals surface area contributed by atoms with Gasteiger partial charge in [0.1, 0.15) is 6.61 Å². The van der Waals surface area contributed by atoms with E-state index in [1.807, 2.05) is 0 Å². The summed E-state index contributed by atoms with van der Waals surface area (Å²) in [6.45, 7) is 1.05. The quantitative estimate of drug-likeness (QED) is 0.364. The van der Waals surface area contributed by atoms with Crippen LogP contribution < -0.4 is 0 Å². The topological polar surface area (TPSA) is 52.6 Å². The van der Waals surface area contributed by atoms with E-state index in [1.54, 1.807) is 0 Å². The Kier molecular flexibility index (Phi) is 7.82. The molecule has 25 heavy (non-hydrogen) atoms. The van der Waals surface area contributed by atoms with E-state index in [9.17, 15) is 31.5 Å². The third-order valence-corrected chi connectivity index (χ3v) is 3.92. The van der Waals surface area contributed by atoms with Crippen LogP contribution in [0.4, 0.5) is 22.0 Å². The summed E-state index contributed by atoms with van der Waals surface area (Å²) >= 11 is 0. The summed E-state index contributed by atoms with van der Waals surface area (Å²) in [4.78, 5) is 22.9. The smallest absolute Gasteiger partial charge is 0.456 e. The zero-order chi connectivity index (χ0) is 19.1. The van der Waals surface area contributed by atoms with Gasteiger partial charge in [-0.1, -0.05) is 38.7 Å². The third kappa shape index (κ3) is 7.39. The minimum atomic E-state index is -5.80. The first kappa shape index (κ1) is 21.4. The number of hydrogen-bond donors (Lipinski definition) is 0. The second-order valence-corrected chi connectivity index (χ2v) is 6.06. The lowest BCUT2D eigenvalue weighted by atomic mass is 9.85. The van der Waals surface area contributed by atoms with Gasteiger partial charge in [0, 0.05) is 5.57 Å². The fourth-order valence-electron chi connectivity index (χ4n) is 2.48. The highest BCUT2D eigenvalue weighted by molar-refractivity contribution is 5.87. The number of alkyl halides is 5. The molecule has 1 rings (SSSR count). The van der Waals surface area contributed by atoms with Gasteiger partial charge in [-0.2, -0.15) is 22.0 Å². The number of halogens is 5. The number of carbonyl (C=O) groups is 2. The molecule has 0 bridgehead atoms. The summed E-state index contributed by atoms with van der Waals surface area (Å²) in [6, 6.07) is 0. The summed E-state index contributed by atoms with van der Waals surface area (Å²) in [7, 11) is 0. The number of carbonyl (C=O) groups excluding carboxylic acids is 2. The molecule has 0 unspecified atom stereocenters. The lowest BCUT2D eigenvalue weighted by Gasteiger charge is -2.21. The normalized spacial score (nSPS) is 16.4. The van der Waals surface area contributed by atoms with Gasteiger partial charge in [0.25, 0.3) is 0 Å². The molecule has 0 saturated heterocycles. The summed E-state index contributed by atoms with van der Waals surface area (Å²) in [6.07, 6.45) is -0.544. The van der Waals surface area contributed by atoms with E-state index in [4.69, 9.17) is 4.74 Å². The number of hydrogen-bond acceptors (Lipinski definition) is 4. The number of esters is 2.